The third-order valence-electron chi connectivity index (χ3n) is 3.97. The summed E-state index contributed by atoms with van der Waals surface area (Å²) in [5.74, 6) is -0.302. The Balaban J connectivity index is 1.72. The van der Waals surface area contributed by atoms with Gasteiger partial charge in [-0.1, -0.05) is 11.3 Å². The number of fused-ring (bicyclic) bond motifs is 1. The van der Waals surface area contributed by atoms with Crippen molar-refractivity contribution in [2.45, 2.75) is 12.8 Å². The first-order valence-corrected chi connectivity index (χ1v) is 7.93. The fourth-order valence-electron chi connectivity index (χ4n) is 2.74. The van der Waals surface area contributed by atoms with E-state index in [4.69, 9.17) is 10.5 Å². The Labute approximate surface area is 131 Å². The van der Waals surface area contributed by atoms with Gasteiger partial charge in [0.15, 0.2) is 5.13 Å². The number of nitrogens with two attached hydrogens (primary N) is 1. The lowest BCUT2D eigenvalue weighted by molar-refractivity contribution is -0.146. The van der Waals surface area contributed by atoms with Gasteiger partial charge in [0.1, 0.15) is 0 Å². The zero-order valence-electron chi connectivity index (χ0n) is 12.2. The van der Waals surface area contributed by atoms with Gasteiger partial charge in [0.25, 0.3) is 5.91 Å². The third-order valence-corrected chi connectivity index (χ3v) is 4.82. The number of piperidine rings is 1. The fraction of sp³-hybridized carbons (Fsp3) is 0.400. The maximum atomic E-state index is 12.6. The maximum absolute atomic E-state index is 12.6. The van der Waals surface area contributed by atoms with Crippen molar-refractivity contribution in [1.29, 1.82) is 0 Å². The first-order valence-electron chi connectivity index (χ1n) is 7.11. The van der Waals surface area contributed by atoms with E-state index in [1.54, 1.807) is 11.0 Å². The summed E-state index contributed by atoms with van der Waals surface area (Å²) in [7, 11) is 1.40. The normalized spacial score (nSPS) is 16.0. The van der Waals surface area contributed by atoms with Crippen LogP contribution in [0, 0.1) is 5.92 Å². The van der Waals surface area contributed by atoms with E-state index in [9.17, 15) is 9.59 Å². The molecule has 3 rings (SSSR count). The van der Waals surface area contributed by atoms with E-state index in [1.807, 2.05) is 12.1 Å². The number of thiazole rings is 1. The second kappa shape index (κ2) is 5.92. The standard InChI is InChI=1S/C15H17N3O3S/c1-21-14(20)9-4-6-18(7-5-9)13(19)10-2-3-11-12(8-10)22-15(16)17-11/h2-3,8-9H,4-7H2,1H3,(H2,16,17). The van der Waals surface area contributed by atoms with Crippen molar-refractivity contribution in [1.82, 2.24) is 9.88 Å². The Morgan fingerprint density at radius 3 is 2.77 bits per heavy atom. The van der Waals surface area contributed by atoms with Crippen molar-refractivity contribution in [2.75, 3.05) is 25.9 Å². The highest BCUT2D eigenvalue weighted by molar-refractivity contribution is 7.22. The molecule has 0 spiro atoms. The predicted molar refractivity (Wildman–Crippen MR) is 84.7 cm³/mol. The molecule has 1 amide bonds. The number of amides is 1. The van der Waals surface area contributed by atoms with Gasteiger partial charge in [0.05, 0.1) is 23.2 Å². The molecule has 2 N–H and O–H groups in total. The van der Waals surface area contributed by atoms with Crippen LogP contribution in [0.1, 0.15) is 23.2 Å². The average molecular weight is 319 g/mol. The summed E-state index contributed by atoms with van der Waals surface area (Å²) in [4.78, 5) is 30.0. The Hall–Kier alpha value is -2.15. The number of nitrogens with zero attached hydrogens (tertiary/aromatic N) is 2. The number of hydrogen-bond donors (Lipinski definition) is 1. The van der Waals surface area contributed by atoms with Gasteiger partial charge in [-0.2, -0.15) is 0 Å². The second-order valence-corrected chi connectivity index (χ2v) is 6.39. The van der Waals surface area contributed by atoms with Gasteiger partial charge in [0.2, 0.25) is 0 Å². The second-order valence-electron chi connectivity index (χ2n) is 5.32. The molecule has 2 heterocycles. The molecule has 1 aliphatic heterocycles. The summed E-state index contributed by atoms with van der Waals surface area (Å²) in [5, 5.41) is 0.499. The molecule has 1 aromatic heterocycles. The highest BCUT2D eigenvalue weighted by Gasteiger charge is 2.28. The lowest BCUT2D eigenvalue weighted by Crippen LogP contribution is -2.40. The summed E-state index contributed by atoms with van der Waals surface area (Å²) in [6, 6.07) is 5.42. The number of esters is 1. The number of ether oxygens (including phenoxy) is 1. The largest absolute Gasteiger partial charge is 0.469 e. The van der Waals surface area contributed by atoms with Crippen LogP contribution >= 0.6 is 11.3 Å². The van der Waals surface area contributed by atoms with Crippen LogP contribution in [0.4, 0.5) is 5.13 Å². The number of hydrogen-bond acceptors (Lipinski definition) is 6. The van der Waals surface area contributed by atoms with Crippen LogP contribution in [0.2, 0.25) is 0 Å². The molecule has 0 saturated carbocycles. The molecule has 1 aromatic carbocycles. The molecule has 1 fully saturated rings. The molecule has 0 bridgehead atoms. The van der Waals surface area contributed by atoms with Crippen molar-refractivity contribution in [3.05, 3.63) is 23.8 Å². The zero-order chi connectivity index (χ0) is 15.7. The van der Waals surface area contributed by atoms with Crippen LogP contribution in [0.15, 0.2) is 18.2 Å². The van der Waals surface area contributed by atoms with E-state index in [0.29, 0.717) is 36.6 Å². The van der Waals surface area contributed by atoms with Crippen LogP contribution in [0.3, 0.4) is 0 Å². The van der Waals surface area contributed by atoms with Gasteiger partial charge in [-0.25, -0.2) is 4.98 Å². The number of carbonyl (C=O) groups is 2. The molecule has 2 aromatic rings. The molecular formula is C15H17N3O3S. The van der Waals surface area contributed by atoms with Crippen molar-refractivity contribution < 1.29 is 14.3 Å². The van der Waals surface area contributed by atoms with Gasteiger partial charge in [0, 0.05) is 18.7 Å². The van der Waals surface area contributed by atoms with Crippen LogP contribution in [0.25, 0.3) is 10.2 Å². The van der Waals surface area contributed by atoms with E-state index in [1.165, 1.54) is 18.4 Å². The average Bonchev–Trinajstić information content (AvgIpc) is 2.92. The molecule has 0 radical (unpaired) electrons. The van der Waals surface area contributed by atoms with Crippen LogP contribution in [0.5, 0.6) is 0 Å². The van der Waals surface area contributed by atoms with E-state index < -0.39 is 0 Å². The molecule has 116 valence electrons. The van der Waals surface area contributed by atoms with Gasteiger partial charge in [-0.15, -0.1) is 0 Å². The minimum Gasteiger partial charge on any atom is -0.469 e. The number of nitrogen functional groups attached to an aromatic ring is 1. The summed E-state index contributed by atoms with van der Waals surface area (Å²) < 4.78 is 5.67. The Morgan fingerprint density at radius 1 is 1.36 bits per heavy atom. The van der Waals surface area contributed by atoms with Crippen molar-refractivity contribution in [2.24, 2.45) is 5.92 Å². The highest BCUT2D eigenvalue weighted by atomic mass is 32.1. The SMILES string of the molecule is COC(=O)C1CCN(C(=O)c2ccc3nc(N)sc3c2)CC1. The zero-order valence-corrected chi connectivity index (χ0v) is 13.1. The molecule has 1 aliphatic rings. The van der Waals surface area contributed by atoms with E-state index in [0.717, 1.165) is 10.2 Å². The molecule has 7 heteroatoms. The first kappa shape index (κ1) is 14.8. The maximum Gasteiger partial charge on any atom is 0.308 e. The molecule has 1 saturated heterocycles. The number of anilines is 1. The van der Waals surface area contributed by atoms with Gasteiger partial charge in [-0.3, -0.25) is 9.59 Å². The van der Waals surface area contributed by atoms with Gasteiger partial charge >= 0.3 is 5.97 Å². The minimum atomic E-state index is -0.186. The molecule has 0 aliphatic carbocycles. The van der Waals surface area contributed by atoms with Crippen molar-refractivity contribution >= 4 is 38.6 Å². The smallest absolute Gasteiger partial charge is 0.308 e. The van der Waals surface area contributed by atoms with E-state index in [2.05, 4.69) is 4.98 Å². The summed E-state index contributed by atoms with van der Waals surface area (Å²) in [6.07, 6.45) is 1.29. The number of methoxy groups -OCH3 is 1. The topological polar surface area (TPSA) is 85.5 Å². The highest BCUT2D eigenvalue weighted by Crippen LogP contribution is 2.26. The summed E-state index contributed by atoms with van der Waals surface area (Å²) in [6.45, 7) is 1.14. The Morgan fingerprint density at radius 2 is 2.09 bits per heavy atom. The molecule has 22 heavy (non-hydrogen) atoms. The molecule has 6 nitrogen and oxygen atoms in total. The Bertz CT molecular complexity index is 720. The number of benzene rings is 1. The van der Waals surface area contributed by atoms with Gasteiger partial charge in [-0.05, 0) is 31.0 Å². The number of rotatable bonds is 2. The monoisotopic (exact) mass is 319 g/mol. The summed E-state index contributed by atoms with van der Waals surface area (Å²) >= 11 is 1.37. The van der Waals surface area contributed by atoms with Crippen molar-refractivity contribution in [3.8, 4) is 0 Å². The number of likely N-dealkylation sites (tertiary alicyclic amines) is 1. The molecule has 0 atom stereocenters. The van der Waals surface area contributed by atoms with E-state index >= 15 is 0 Å². The van der Waals surface area contributed by atoms with Crippen LogP contribution in [-0.4, -0.2) is 42.0 Å². The molecule has 0 unspecified atom stereocenters. The molecular weight excluding hydrogens is 302 g/mol. The summed E-state index contributed by atoms with van der Waals surface area (Å²) in [5.41, 5.74) is 7.13. The minimum absolute atomic E-state index is 0.0165. The lowest BCUT2D eigenvalue weighted by atomic mass is 9.96. The quantitative estimate of drug-likeness (QED) is 0.855. The van der Waals surface area contributed by atoms with Crippen molar-refractivity contribution in [3.63, 3.8) is 0 Å². The fourth-order valence-corrected chi connectivity index (χ4v) is 3.52. The number of carbonyl (C=O) groups excluding carboxylic acids is 2. The lowest BCUT2D eigenvalue weighted by Gasteiger charge is -2.30. The Kier molecular flexibility index (Phi) is 3.98. The van der Waals surface area contributed by atoms with Gasteiger partial charge < -0.3 is 15.4 Å². The third kappa shape index (κ3) is 2.76. The number of aromatic nitrogens is 1. The van der Waals surface area contributed by atoms with Crippen LogP contribution in [-0.2, 0) is 9.53 Å². The first-order chi connectivity index (χ1) is 10.6. The van der Waals surface area contributed by atoms with E-state index in [-0.39, 0.29) is 17.8 Å². The predicted octanol–water partition coefficient (Wildman–Crippen LogP) is 1.90. The van der Waals surface area contributed by atoms with Crippen LogP contribution < -0.4 is 5.73 Å².